The second kappa shape index (κ2) is 5.69. The molecule has 3 nitrogen and oxygen atoms in total. The van der Waals surface area contributed by atoms with Crippen molar-refractivity contribution in [3.8, 4) is 0 Å². The Morgan fingerprint density at radius 3 is 2.00 bits per heavy atom. The van der Waals surface area contributed by atoms with Crippen LogP contribution in [0.5, 0.6) is 0 Å². The highest BCUT2D eigenvalue weighted by atomic mass is 16.5. The smallest absolute Gasteiger partial charge is 0.187 e. The summed E-state index contributed by atoms with van der Waals surface area (Å²) >= 11 is 0. The van der Waals surface area contributed by atoms with Crippen LogP contribution in [0.4, 0.5) is 0 Å². The van der Waals surface area contributed by atoms with Gasteiger partial charge in [0.25, 0.3) is 0 Å². The van der Waals surface area contributed by atoms with E-state index < -0.39 is 5.60 Å². The van der Waals surface area contributed by atoms with Crippen LogP contribution < -0.4 is 0 Å². The SMILES string of the molecule is C1=NC(c2cccnc2)C(c2ccccc2)(c2ccccc2)O1. The Labute approximate surface area is 135 Å². The summed E-state index contributed by atoms with van der Waals surface area (Å²) in [5.74, 6) is 0. The van der Waals surface area contributed by atoms with Crippen LogP contribution in [0, 0.1) is 0 Å². The molecule has 2 aromatic carbocycles. The quantitative estimate of drug-likeness (QED) is 0.729. The van der Waals surface area contributed by atoms with E-state index in [0.29, 0.717) is 0 Å². The van der Waals surface area contributed by atoms with Gasteiger partial charge in [-0.05, 0) is 11.6 Å². The van der Waals surface area contributed by atoms with Gasteiger partial charge in [0.2, 0.25) is 0 Å². The zero-order valence-corrected chi connectivity index (χ0v) is 12.5. The fraction of sp³-hybridized carbons (Fsp3) is 0.100. The van der Waals surface area contributed by atoms with Crippen molar-refractivity contribution in [3.63, 3.8) is 0 Å². The maximum atomic E-state index is 6.16. The van der Waals surface area contributed by atoms with Crippen molar-refractivity contribution in [3.05, 3.63) is 102 Å². The average Bonchev–Trinajstić information content (AvgIpc) is 3.10. The molecule has 3 aromatic rings. The maximum absolute atomic E-state index is 6.16. The first kappa shape index (κ1) is 13.7. The van der Waals surface area contributed by atoms with E-state index in [9.17, 15) is 0 Å². The molecule has 0 aliphatic carbocycles. The summed E-state index contributed by atoms with van der Waals surface area (Å²) in [5, 5.41) is 0. The Morgan fingerprint density at radius 2 is 1.43 bits per heavy atom. The minimum Gasteiger partial charge on any atom is -0.465 e. The maximum Gasteiger partial charge on any atom is 0.187 e. The monoisotopic (exact) mass is 300 g/mol. The first-order valence-corrected chi connectivity index (χ1v) is 7.62. The van der Waals surface area contributed by atoms with Crippen molar-refractivity contribution in [1.82, 2.24) is 4.98 Å². The lowest BCUT2D eigenvalue weighted by atomic mass is 9.78. The minimum atomic E-state index is -0.661. The molecule has 1 aliphatic heterocycles. The lowest BCUT2D eigenvalue weighted by Gasteiger charge is -2.34. The highest BCUT2D eigenvalue weighted by Gasteiger charge is 2.47. The molecule has 4 rings (SSSR count). The Hall–Kier alpha value is -2.94. The molecule has 0 amide bonds. The highest BCUT2D eigenvalue weighted by molar-refractivity contribution is 5.58. The lowest BCUT2D eigenvalue weighted by molar-refractivity contribution is 0.104. The molecule has 2 heterocycles. The Bertz CT molecular complexity index is 761. The Morgan fingerprint density at radius 1 is 0.783 bits per heavy atom. The van der Waals surface area contributed by atoms with E-state index in [1.165, 1.54) is 0 Å². The number of hydrogen-bond acceptors (Lipinski definition) is 3. The summed E-state index contributed by atoms with van der Waals surface area (Å²) in [7, 11) is 0. The van der Waals surface area contributed by atoms with Crippen LogP contribution in [0.1, 0.15) is 22.7 Å². The van der Waals surface area contributed by atoms with Crippen LogP contribution in [0.2, 0.25) is 0 Å². The van der Waals surface area contributed by atoms with E-state index in [4.69, 9.17) is 4.74 Å². The summed E-state index contributed by atoms with van der Waals surface area (Å²) in [4.78, 5) is 8.88. The van der Waals surface area contributed by atoms with Gasteiger partial charge in [0.05, 0.1) is 0 Å². The summed E-state index contributed by atoms with van der Waals surface area (Å²) in [5.41, 5.74) is 2.54. The van der Waals surface area contributed by atoms with E-state index in [0.717, 1.165) is 16.7 Å². The molecule has 1 unspecified atom stereocenters. The first-order chi connectivity index (χ1) is 11.4. The molecule has 0 fully saturated rings. The standard InChI is InChI=1S/C20H16N2O/c1-3-9-17(10-4-1)20(18-11-5-2-6-12-18)19(22-15-23-20)16-8-7-13-21-14-16/h1-15,19H. The van der Waals surface area contributed by atoms with Crippen LogP contribution in [-0.4, -0.2) is 11.4 Å². The Balaban J connectivity index is 1.93. The molecule has 1 aliphatic rings. The number of aromatic nitrogens is 1. The third-order valence-corrected chi connectivity index (χ3v) is 4.24. The predicted molar refractivity (Wildman–Crippen MR) is 90.2 cm³/mol. The van der Waals surface area contributed by atoms with Crippen LogP contribution in [0.15, 0.2) is 90.2 Å². The van der Waals surface area contributed by atoms with Gasteiger partial charge in [-0.15, -0.1) is 0 Å². The average molecular weight is 300 g/mol. The molecular formula is C20H16N2O. The first-order valence-electron chi connectivity index (χ1n) is 7.62. The van der Waals surface area contributed by atoms with Crippen molar-refractivity contribution in [2.45, 2.75) is 11.6 Å². The van der Waals surface area contributed by atoms with Crippen LogP contribution in [0.3, 0.4) is 0 Å². The van der Waals surface area contributed by atoms with E-state index in [1.54, 1.807) is 12.6 Å². The van der Waals surface area contributed by atoms with Gasteiger partial charge in [0.1, 0.15) is 6.04 Å². The van der Waals surface area contributed by atoms with Gasteiger partial charge in [-0.3, -0.25) is 4.98 Å². The number of aliphatic imine (C=N–C) groups is 1. The van der Waals surface area contributed by atoms with Crippen molar-refractivity contribution in [2.75, 3.05) is 0 Å². The molecule has 23 heavy (non-hydrogen) atoms. The van der Waals surface area contributed by atoms with Gasteiger partial charge in [-0.2, -0.15) is 0 Å². The van der Waals surface area contributed by atoms with Crippen molar-refractivity contribution in [1.29, 1.82) is 0 Å². The van der Waals surface area contributed by atoms with Crippen molar-refractivity contribution in [2.24, 2.45) is 4.99 Å². The second-order valence-corrected chi connectivity index (χ2v) is 5.53. The zero-order valence-electron chi connectivity index (χ0n) is 12.5. The molecule has 1 atom stereocenters. The highest BCUT2D eigenvalue weighted by Crippen LogP contribution is 2.48. The van der Waals surface area contributed by atoms with Crippen molar-refractivity contribution >= 4 is 6.40 Å². The molecular weight excluding hydrogens is 284 g/mol. The number of nitrogens with zero attached hydrogens (tertiary/aromatic N) is 2. The van der Waals surface area contributed by atoms with Gasteiger partial charge >= 0.3 is 0 Å². The molecule has 3 heteroatoms. The number of hydrogen-bond donors (Lipinski definition) is 0. The topological polar surface area (TPSA) is 34.5 Å². The molecule has 0 spiro atoms. The fourth-order valence-corrected chi connectivity index (χ4v) is 3.19. The van der Waals surface area contributed by atoms with Gasteiger partial charge in [0.15, 0.2) is 12.0 Å². The summed E-state index contributed by atoms with van der Waals surface area (Å²) in [6.45, 7) is 0. The van der Waals surface area contributed by atoms with E-state index in [-0.39, 0.29) is 6.04 Å². The van der Waals surface area contributed by atoms with Crippen LogP contribution in [0.25, 0.3) is 0 Å². The third kappa shape index (κ3) is 2.21. The normalized spacial score (nSPS) is 18.5. The van der Waals surface area contributed by atoms with Gasteiger partial charge in [-0.25, -0.2) is 4.99 Å². The molecule has 0 N–H and O–H groups in total. The molecule has 0 saturated heterocycles. The van der Waals surface area contributed by atoms with Crippen LogP contribution >= 0.6 is 0 Å². The molecule has 112 valence electrons. The third-order valence-electron chi connectivity index (χ3n) is 4.24. The van der Waals surface area contributed by atoms with Crippen molar-refractivity contribution < 1.29 is 4.74 Å². The summed E-state index contributed by atoms with van der Waals surface area (Å²) < 4.78 is 6.16. The molecule has 0 radical (unpaired) electrons. The predicted octanol–water partition coefficient (Wildman–Crippen LogP) is 4.13. The summed E-state index contributed by atoms with van der Waals surface area (Å²) in [6, 6.07) is 24.3. The number of rotatable bonds is 3. The zero-order chi connectivity index (χ0) is 15.5. The van der Waals surface area contributed by atoms with Gasteiger partial charge < -0.3 is 4.74 Å². The van der Waals surface area contributed by atoms with E-state index in [2.05, 4.69) is 34.2 Å². The number of ether oxygens (including phenoxy) is 1. The summed E-state index contributed by atoms with van der Waals surface area (Å²) in [6.07, 6.45) is 5.20. The van der Waals surface area contributed by atoms with E-state index in [1.807, 2.05) is 54.7 Å². The second-order valence-electron chi connectivity index (χ2n) is 5.53. The van der Waals surface area contributed by atoms with Gasteiger partial charge in [0, 0.05) is 23.5 Å². The largest absolute Gasteiger partial charge is 0.465 e. The van der Waals surface area contributed by atoms with Gasteiger partial charge in [-0.1, -0.05) is 66.7 Å². The molecule has 0 bridgehead atoms. The minimum absolute atomic E-state index is 0.166. The Kier molecular flexibility index (Phi) is 3.39. The lowest BCUT2D eigenvalue weighted by Crippen LogP contribution is -2.33. The van der Waals surface area contributed by atoms with E-state index >= 15 is 0 Å². The number of pyridine rings is 1. The number of benzene rings is 2. The molecule has 1 aromatic heterocycles. The fourth-order valence-electron chi connectivity index (χ4n) is 3.19. The molecule has 0 saturated carbocycles. The van der Waals surface area contributed by atoms with Crippen LogP contribution in [-0.2, 0) is 10.3 Å².